The van der Waals surface area contributed by atoms with E-state index in [1.807, 2.05) is 11.5 Å². The summed E-state index contributed by atoms with van der Waals surface area (Å²) in [6.07, 6.45) is 6.10. The van der Waals surface area contributed by atoms with Crippen LogP contribution in [0.3, 0.4) is 0 Å². The zero-order valence-corrected chi connectivity index (χ0v) is 15.5. The fraction of sp³-hybridized carbons (Fsp3) is 0.588. The zero-order chi connectivity index (χ0) is 17.7. The van der Waals surface area contributed by atoms with Crippen LogP contribution in [0.15, 0.2) is 26.9 Å². The van der Waals surface area contributed by atoms with E-state index in [0.29, 0.717) is 17.7 Å². The van der Waals surface area contributed by atoms with Gasteiger partial charge in [0.2, 0.25) is 0 Å². The number of thioether (sulfide) groups is 1. The largest absolute Gasteiger partial charge is 0.329 e. The van der Waals surface area contributed by atoms with Crippen molar-refractivity contribution >= 4 is 22.9 Å². The minimum absolute atomic E-state index is 0.392. The Bertz CT molecular complexity index is 831. The molecule has 0 spiro atoms. The van der Waals surface area contributed by atoms with Gasteiger partial charge in [-0.3, -0.25) is 14.3 Å². The quantitative estimate of drug-likeness (QED) is 0.428. The fourth-order valence-electron chi connectivity index (χ4n) is 2.61. The van der Waals surface area contributed by atoms with E-state index < -0.39 is 11.2 Å². The van der Waals surface area contributed by atoms with E-state index in [-0.39, 0.29) is 0 Å². The van der Waals surface area contributed by atoms with Crippen LogP contribution in [0.25, 0.3) is 11.2 Å². The van der Waals surface area contributed by atoms with Crippen LogP contribution in [0.4, 0.5) is 0 Å². The summed E-state index contributed by atoms with van der Waals surface area (Å²) in [6, 6.07) is 0. The monoisotopic (exact) mass is 350 g/mol. The van der Waals surface area contributed by atoms with Crippen molar-refractivity contribution in [3.05, 3.63) is 33.0 Å². The number of imidazole rings is 1. The van der Waals surface area contributed by atoms with Gasteiger partial charge in [0.05, 0.1) is 0 Å². The molecule has 2 rings (SSSR count). The summed E-state index contributed by atoms with van der Waals surface area (Å²) in [5.74, 6) is 0.953. The van der Waals surface area contributed by atoms with Crippen molar-refractivity contribution in [2.45, 2.75) is 57.7 Å². The lowest BCUT2D eigenvalue weighted by atomic mass is 10.2. The van der Waals surface area contributed by atoms with Crippen LogP contribution in [-0.4, -0.2) is 24.9 Å². The maximum atomic E-state index is 12.2. The summed E-state index contributed by atoms with van der Waals surface area (Å²) < 4.78 is 3.25. The molecule has 0 aliphatic heterocycles. The zero-order valence-electron chi connectivity index (χ0n) is 14.7. The van der Waals surface area contributed by atoms with Gasteiger partial charge in [-0.15, -0.1) is 0 Å². The second kappa shape index (κ2) is 8.37. The molecule has 0 fully saturated rings. The smallest absolute Gasteiger partial charge is 0.309 e. The lowest BCUT2D eigenvalue weighted by Crippen LogP contribution is -2.29. The molecule has 2 aromatic rings. The number of aromatic amines is 1. The number of H-pyrrole nitrogens is 1. The maximum absolute atomic E-state index is 12.2. The number of nitrogens with one attached hydrogen (secondary N) is 1. The van der Waals surface area contributed by atoms with Crippen molar-refractivity contribution in [3.63, 3.8) is 0 Å². The van der Waals surface area contributed by atoms with E-state index in [9.17, 15) is 9.59 Å². The maximum Gasteiger partial charge on any atom is 0.329 e. The highest BCUT2D eigenvalue weighted by atomic mass is 32.2. The van der Waals surface area contributed by atoms with Crippen molar-refractivity contribution in [2.75, 3.05) is 5.75 Å². The molecule has 0 aliphatic carbocycles. The number of hydrogen-bond acceptors (Lipinski definition) is 4. The molecule has 7 heteroatoms. The molecule has 0 atom stereocenters. The molecular formula is C17H26N4O2S. The van der Waals surface area contributed by atoms with Crippen molar-refractivity contribution < 1.29 is 0 Å². The number of hydrogen-bond donors (Lipinski definition) is 1. The van der Waals surface area contributed by atoms with Crippen molar-refractivity contribution in [1.82, 2.24) is 19.1 Å². The third kappa shape index (κ3) is 4.20. The molecule has 0 unspecified atom stereocenters. The molecule has 0 aliphatic rings. The highest BCUT2D eigenvalue weighted by Gasteiger charge is 2.17. The molecule has 0 aromatic carbocycles. The second-order valence-corrected chi connectivity index (χ2v) is 7.25. The lowest BCUT2D eigenvalue weighted by Gasteiger charge is -2.08. The fourth-order valence-corrected chi connectivity index (χ4v) is 3.60. The molecular weight excluding hydrogens is 324 g/mol. The van der Waals surface area contributed by atoms with E-state index in [4.69, 9.17) is 0 Å². The Morgan fingerprint density at radius 3 is 2.62 bits per heavy atom. The number of aryl methyl sites for hydroxylation is 1. The van der Waals surface area contributed by atoms with Gasteiger partial charge in [-0.2, -0.15) is 0 Å². The average Bonchev–Trinajstić information content (AvgIpc) is 2.87. The molecule has 0 radical (unpaired) electrons. The first-order valence-electron chi connectivity index (χ1n) is 8.42. The number of allylic oxidation sites excluding steroid dienone is 1. The molecule has 1 N–H and O–H groups in total. The van der Waals surface area contributed by atoms with E-state index >= 15 is 0 Å². The lowest BCUT2D eigenvalue weighted by molar-refractivity contribution is 0.658. The third-order valence-electron chi connectivity index (χ3n) is 3.88. The number of aromatic nitrogens is 4. The molecule has 0 amide bonds. The summed E-state index contributed by atoms with van der Waals surface area (Å²) >= 11 is 1.64. The van der Waals surface area contributed by atoms with Gasteiger partial charge in [-0.1, -0.05) is 56.5 Å². The molecule has 6 nitrogen and oxygen atoms in total. The first kappa shape index (κ1) is 18.6. The van der Waals surface area contributed by atoms with Crippen LogP contribution in [0, 0.1) is 0 Å². The van der Waals surface area contributed by atoms with E-state index in [0.717, 1.165) is 22.9 Å². The Kier molecular flexibility index (Phi) is 6.48. The first-order chi connectivity index (χ1) is 11.5. The van der Waals surface area contributed by atoms with Crippen LogP contribution < -0.4 is 11.2 Å². The van der Waals surface area contributed by atoms with Gasteiger partial charge < -0.3 is 4.57 Å². The van der Waals surface area contributed by atoms with E-state index in [1.165, 1.54) is 30.3 Å². The van der Waals surface area contributed by atoms with Gasteiger partial charge in [-0.05, 0) is 13.3 Å². The van der Waals surface area contributed by atoms with Crippen molar-refractivity contribution in [3.8, 4) is 0 Å². The Hall–Kier alpha value is -1.76. The predicted molar refractivity (Wildman–Crippen MR) is 99.9 cm³/mol. The third-order valence-corrected chi connectivity index (χ3v) is 4.94. The van der Waals surface area contributed by atoms with E-state index in [2.05, 4.69) is 23.5 Å². The summed E-state index contributed by atoms with van der Waals surface area (Å²) in [4.78, 5) is 30.9. The summed E-state index contributed by atoms with van der Waals surface area (Å²) in [5.41, 5.74) is 0.972. The molecule has 2 heterocycles. The Labute approximate surface area is 146 Å². The molecule has 0 saturated carbocycles. The molecule has 132 valence electrons. The summed E-state index contributed by atoms with van der Waals surface area (Å²) in [5, 5.41) is 0.773. The Balaban J connectivity index is 2.29. The Morgan fingerprint density at radius 2 is 1.96 bits per heavy atom. The topological polar surface area (TPSA) is 72.7 Å². The standard InChI is InChI=1S/C17H26N4O2S/c1-5-6-7-8-9-10-24-17-18-14-13(21(17)11-12(2)3)15(22)19-16(23)20(14)4/h2,5-11H2,1,3-4H3,(H,19,22,23). The molecule has 2 aromatic heterocycles. The number of nitrogens with zero attached hydrogens (tertiary/aromatic N) is 3. The SMILES string of the molecule is C=C(C)Cn1c(SCCCCCCC)nc2c1c(=O)[nH]c(=O)n2C. The highest BCUT2D eigenvalue weighted by molar-refractivity contribution is 7.99. The highest BCUT2D eigenvalue weighted by Crippen LogP contribution is 2.23. The van der Waals surface area contributed by atoms with Crippen LogP contribution >= 0.6 is 11.8 Å². The second-order valence-electron chi connectivity index (χ2n) is 6.19. The normalized spacial score (nSPS) is 11.3. The number of fused-ring (bicyclic) bond motifs is 1. The number of rotatable bonds is 9. The first-order valence-corrected chi connectivity index (χ1v) is 9.41. The van der Waals surface area contributed by atoms with Gasteiger partial charge in [-0.25, -0.2) is 9.78 Å². The van der Waals surface area contributed by atoms with Crippen molar-refractivity contribution in [2.24, 2.45) is 7.05 Å². The van der Waals surface area contributed by atoms with Crippen LogP contribution in [-0.2, 0) is 13.6 Å². The Morgan fingerprint density at radius 1 is 1.25 bits per heavy atom. The van der Waals surface area contributed by atoms with E-state index in [1.54, 1.807) is 18.8 Å². The van der Waals surface area contributed by atoms with Gasteiger partial charge in [0.25, 0.3) is 5.56 Å². The molecule has 24 heavy (non-hydrogen) atoms. The van der Waals surface area contributed by atoms with Gasteiger partial charge in [0.1, 0.15) is 0 Å². The minimum Gasteiger partial charge on any atom is -0.309 e. The average molecular weight is 350 g/mol. The van der Waals surface area contributed by atoms with Crippen molar-refractivity contribution in [1.29, 1.82) is 0 Å². The van der Waals surface area contributed by atoms with Crippen LogP contribution in [0.2, 0.25) is 0 Å². The summed E-state index contributed by atoms with van der Waals surface area (Å²) in [6.45, 7) is 8.59. The van der Waals surface area contributed by atoms with Gasteiger partial charge in [0, 0.05) is 19.3 Å². The predicted octanol–water partition coefficient (Wildman–Crippen LogP) is 3.06. The molecule has 0 bridgehead atoms. The van der Waals surface area contributed by atoms with Gasteiger partial charge in [0.15, 0.2) is 16.3 Å². The van der Waals surface area contributed by atoms with Crippen LogP contribution in [0.5, 0.6) is 0 Å². The van der Waals surface area contributed by atoms with Gasteiger partial charge >= 0.3 is 5.69 Å². The molecule has 0 saturated heterocycles. The van der Waals surface area contributed by atoms with Crippen LogP contribution in [0.1, 0.15) is 46.0 Å². The summed E-state index contributed by atoms with van der Waals surface area (Å²) in [7, 11) is 1.62. The number of unbranched alkanes of at least 4 members (excludes halogenated alkanes) is 4. The minimum atomic E-state index is -0.441.